The number of fused-ring (bicyclic) bond motifs is 3. The van der Waals surface area contributed by atoms with Gasteiger partial charge in [-0.2, -0.15) is 0 Å². The molecule has 0 aromatic rings. The Morgan fingerprint density at radius 1 is 0.773 bits per heavy atom. The number of hydrogen-bond acceptors (Lipinski definition) is 4. The Morgan fingerprint density at radius 3 is 2.14 bits per heavy atom. The fourth-order valence-electron chi connectivity index (χ4n) is 3.63. The van der Waals surface area contributed by atoms with Gasteiger partial charge in [0.25, 0.3) is 0 Å². The molecular formula is C16H32Cl2N4. The standard InChI is InChI=1S/C16H32Cl2N4/c1-13-11-19(3)5-9-22-10-8-21(12-13)7-6-20(4)15(17)14(2)16(22)18/h13-16H,5-12H2,1-4H3. The summed E-state index contributed by atoms with van der Waals surface area (Å²) in [7, 11) is 4.34. The fourth-order valence-corrected chi connectivity index (χ4v) is 4.27. The molecule has 6 atom stereocenters. The largest absolute Gasteiger partial charge is 0.305 e. The van der Waals surface area contributed by atoms with Crippen molar-refractivity contribution < 1.29 is 0 Å². The number of halogens is 2. The van der Waals surface area contributed by atoms with E-state index in [-0.39, 0.29) is 16.9 Å². The lowest BCUT2D eigenvalue weighted by Crippen LogP contribution is -2.53. The van der Waals surface area contributed by atoms with E-state index in [1.54, 1.807) is 0 Å². The van der Waals surface area contributed by atoms with Crippen molar-refractivity contribution in [1.82, 2.24) is 19.6 Å². The second kappa shape index (κ2) is 8.50. The molecular weight excluding hydrogens is 319 g/mol. The van der Waals surface area contributed by atoms with Gasteiger partial charge in [-0.25, -0.2) is 0 Å². The van der Waals surface area contributed by atoms with Gasteiger partial charge in [0.05, 0.1) is 11.0 Å². The minimum atomic E-state index is -0.0111. The minimum absolute atomic E-state index is 0.00449. The van der Waals surface area contributed by atoms with E-state index in [9.17, 15) is 0 Å². The van der Waals surface area contributed by atoms with Crippen molar-refractivity contribution in [3.63, 3.8) is 0 Å². The molecule has 0 aromatic carbocycles. The van der Waals surface area contributed by atoms with Gasteiger partial charge in [-0.05, 0) is 20.0 Å². The highest BCUT2D eigenvalue weighted by Gasteiger charge is 2.32. The van der Waals surface area contributed by atoms with Crippen LogP contribution in [0.2, 0.25) is 0 Å². The Balaban J connectivity index is 2.17. The van der Waals surface area contributed by atoms with Gasteiger partial charge in [0.1, 0.15) is 0 Å². The Hall–Kier alpha value is 0.420. The third-order valence-electron chi connectivity index (χ3n) is 5.07. The Labute approximate surface area is 146 Å². The first-order chi connectivity index (χ1) is 10.4. The number of nitrogens with zero attached hydrogens (tertiary/aromatic N) is 4. The zero-order chi connectivity index (χ0) is 16.3. The zero-order valence-corrected chi connectivity index (χ0v) is 16.0. The van der Waals surface area contributed by atoms with Crippen LogP contribution in [0.3, 0.4) is 0 Å². The molecule has 0 N–H and O–H groups in total. The second-order valence-corrected chi connectivity index (χ2v) is 8.18. The first kappa shape index (κ1) is 18.8. The van der Waals surface area contributed by atoms with E-state index in [1.165, 1.54) is 0 Å². The summed E-state index contributed by atoms with van der Waals surface area (Å²) in [5.41, 5.74) is -0.0156. The summed E-state index contributed by atoms with van der Waals surface area (Å²) in [6, 6.07) is 0. The van der Waals surface area contributed by atoms with Crippen LogP contribution in [0.15, 0.2) is 0 Å². The van der Waals surface area contributed by atoms with Crippen molar-refractivity contribution >= 4 is 23.2 Å². The molecule has 22 heavy (non-hydrogen) atoms. The highest BCUT2D eigenvalue weighted by molar-refractivity contribution is 6.23. The summed E-state index contributed by atoms with van der Waals surface area (Å²) in [5.74, 6) is 0.939. The molecule has 2 aliphatic rings. The van der Waals surface area contributed by atoms with E-state index >= 15 is 0 Å². The molecule has 0 aromatic heterocycles. The molecule has 2 fully saturated rings. The van der Waals surface area contributed by atoms with Gasteiger partial charge in [0, 0.05) is 58.3 Å². The summed E-state index contributed by atoms with van der Waals surface area (Å²) < 4.78 is 0. The molecule has 6 unspecified atom stereocenters. The van der Waals surface area contributed by atoms with Gasteiger partial charge in [-0.1, -0.05) is 13.8 Å². The lowest BCUT2D eigenvalue weighted by atomic mass is 10.1. The van der Waals surface area contributed by atoms with Crippen LogP contribution in [0.4, 0.5) is 0 Å². The number of rotatable bonds is 0. The molecule has 6 heteroatoms. The average Bonchev–Trinajstić information content (AvgIpc) is 2.48. The third-order valence-corrected chi connectivity index (χ3v) is 6.48. The zero-order valence-electron chi connectivity index (χ0n) is 14.5. The lowest BCUT2D eigenvalue weighted by molar-refractivity contribution is 0.0819. The van der Waals surface area contributed by atoms with Gasteiger partial charge in [-0.15, -0.1) is 23.2 Å². The quantitative estimate of drug-likeness (QED) is 0.488. The molecule has 0 spiro atoms. The maximum Gasteiger partial charge on any atom is 0.0904 e. The first-order valence-corrected chi connectivity index (χ1v) is 9.39. The van der Waals surface area contributed by atoms with Gasteiger partial charge < -0.3 is 9.80 Å². The average molecular weight is 351 g/mol. The molecule has 2 saturated heterocycles. The number of likely N-dealkylation sites (N-methyl/N-ethyl adjacent to an activating group) is 2. The molecule has 2 aliphatic heterocycles. The Bertz CT molecular complexity index is 344. The minimum Gasteiger partial charge on any atom is -0.305 e. The summed E-state index contributed by atoms with van der Waals surface area (Å²) in [6.07, 6.45) is 0. The van der Waals surface area contributed by atoms with Crippen molar-refractivity contribution in [3.8, 4) is 0 Å². The maximum absolute atomic E-state index is 6.79. The van der Waals surface area contributed by atoms with Crippen LogP contribution in [0.5, 0.6) is 0 Å². The van der Waals surface area contributed by atoms with Crippen molar-refractivity contribution in [1.29, 1.82) is 0 Å². The number of hydrogen-bond donors (Lipinski definition) is 0. The topological polar surface area (TPSA) is 13.0 Å². The first-order valence-electron chi connectivity index (χ1n) is 8.51. The van der Waals surface area contributed by atoms with Crippen LogP contribution in [-0.2, 0) is 0 Å². The van der Waals surface area contributed by atoms with Crippen molar-refractivity contribution in [3.05, 3.63) is 0 Å². The molecule has 4 nitrogen and oxygen atoms in total. The van der Waals surface area contributed by atoms with Gasteiger partial charge in [-0.3, -0.25) is 9.80 Å². The molecule has 2 bridgehead atoms. The van der Waals surface area contributed by atoms with E-state index in [2.05, 4.69) is 47.5 Å². The van der Waals surface area contributed by atoms with E-state index in [4.69, 9.17) is 23.2 Å². The smallest absolute Gasteiger partial charge is 0.0904 e. The summed E-state index contributed by atoms with van der Waals surface area (Å²) in [5, 5.41) is 0. The molecule has 2 heterocycles. The van der Waals surface area contributed by atoms with Gasteiger partial charge in [0.15, 0.2) is 0 Å². The van der Waals surface area contributed by atoms with Crippen molar-refractivity contribution in [2.24, 2.45) is 11.8 Å². The number of alkyl halides is 2. The Morgan fingerprint density at radius 2 is 1.41 bits per heavy atom. The predicted molar refractivity (Wildman–Crippen MR) is 95.8 cm³/mol. The summed E-state index contributed by atoms with van der Waals surface area (Å²) in [6.45, 7) is 13.2. The van der Waals surface area contributed by atoms with E-state index < -0.39 is 0 Å². The predicted octanol–water partition coefficient (Wildman–Crippen LogP) is 1.88. The van der Waals surface area contributed by atoms with Gasteiger partial charge in [0.2, 0.25) is 0 Å². The molecule has 130 valence electrons. The summed E-state index contributed by atoms with van der Waals surface area (Å²) >= 11 is 13.5. The third kappa shape index (κ3) is 4.96. The van der Waals surface area contributed by atoms with Crippen LogP contribution in [0.25, 0.3) is 0 Å². The van der Waals surface area contributed by atoms with E-state index in [0.717, 1.165) is 52.4 Å². The highest BCUT2D eigenvalue weighted by Crippen LogP contribution is 2.25. The van der Waals surface area contributed by atoms with Crippen LogP contribution in [0.1, 0.15) is 13.8 Å². The molecule has 0 aliphatic carbocycles. The van der Waals surface area contributed by atoms with Crippen LogP contribution >= 0.6 is 23.2 Å². The van der Waals surface area contributed by atoms with Gasteiger partial charge >= 0.3 is 0 Å². The monoisotopic (exact) mass is 350 g/mol. The van der Waals surface area contributed by atoms with E-state index in [0.29, 0.717) is 5.92 Å². The lowest BCUT2D eigenvalue weighted by Gasteiger charge is -2.41. The Kier molecular flexibility index (Phi) is 7.24. The van der Waals surface area contributed by atoms with Crippen LogP contribution in [-0.4, -0.2) is 97.1 Å². The van der Waals surface area contributed by atoms with Crippen LogP contribution < -0.4 is 0 Å². The highest BCUT2D eigenvalue weighted by atomic mass is 35.5. The van der Waals surface area contributed by atoms with E-state index in [1.807, 2.05) is 0 Å². The fraction of sp³-hybridized carbons (Fsp3) is 1.00. The second-order valence-electron chi connectivity index (χ2n) is 7.29. The maximum atomic E-state index is 6.79. The normalized spacial score (nSPS) is 43.9. The SMILES string of the molecule is CC1CN(C)CCN2CCN(CCN(C)C(Cl)C(C)C2Cl)C1. The van der Waals surface area contributed by atoms with Crippen LogP contribution in [0, 0.1) is 11.8 Å². The molecule has 0 saturated carbocycles. The molecule has 0 amide bonds. The molecule has 0 radical (unpaired) electrons. The van der Waals surface area contributed by atoms with Crippen molar-refractivity contribution in [2.75, 3.05) is 66.5 Å². The molecule has 2 rings (SSSR count). The van der Waals surface area contributed by atoms with Crippen molar-refractivity contribution in [2.45, 2.75) is 24.8 Å². The summed E-state index contributed by atoms with van der Waals surface area (Å²) in [4.78, 5) is 9.68.